The Hall–Kier alpha value is -0.450. The molecule has 1 rings (SSSR count). The molecule has 88 valence electrons. The van der Waals surface area contributed by atoms with Crippen LogP contribution in [-0.2, 0) is 0 Å². The molecule has 1 aromatic rings. The van der Waals surface area contributed by atoms with Gasteiger partial charge in [0.05, 0.1) is 17.2 Å². The fraction of sp³-hybridized carbons (Fsp3) is 0.364. The second kappa shape index (κ2) is 6.99. The highest BCUT2D eigenvalue weighted by atomic mass is 35.5. The summed E-state index contributed by atoms with van der Waals surface area (Å²) >= 11 is 12.8. The standard InChI is InChI=1S/C11H14ClNOS2/c1-16-7-3-6-14-9-5-2-4-8(12)10(9)11(13)15/h2,4-5H,3,6-7H2,1H3,(H2,13,15). The van der Waals surface area contributed by atoms with Crippen molar-refractivity contribution in [2.24, 2.45) is 5.73 Å². The number of nitrogens with two attached hydrogens (primary N) is 1. The Labute approximate surface area is 110 Å². The molecule has 0 spiro atoms. The van der Waals surface area contributed by atoms with Gasteiger partial charge in [-0.2, -0.15) is 11.8 Å². The zero-order valence-corrected chi connectivity index (χ0v) is 11.4. The highest BCUT2D eigenvalue weighted by Gasteiger charge is 2.10. The Morgan fingerprint density at radius 2 is 2.31 bits per heavy atom. The molecule has 0 amide bonds. The summed E-state index contributed by atoms with van der Waals surface area (Å²) in [6, 6.07) is 5.41. The molecular weight excluding hydrogens is 262 g/mol. The van der Waals surface area contributed by atoms with Gasteiger partial charge in [-0.25, -0.2) is 0 Å². The minimum Gasteiger partial charge on any atom is -0.493 e. The Balaban J connectivity index is 2.71. The van der Waals surface area contributed by atoms with Gasteiger partial charge in [0.1, 0.15) is 10.7 Å². The fourth-order valence-electron chi connectivity index (χ4n) is 1.25. The molecule has 0 aliphatic heterocycles. The van der Waals surface area contributed by atoms with Crippen LogP contribution in [0, 0.1) is 0 Å². The molecule has 2 N–H and O–H groups in total. The minimum absolute atomic E-state index is 0.269. The molecule has 0 saturated heterocycles. The van der Waals surface area contributed by atoms with Crippen molar-refractivity contribution < 1.29 is 4.74 Å². The van der Waals surface area contributed by atoms with Crippen LogP contribution >= 0.6 is 35.6 Å². The lowest BCUT2D eigenvalue weighted by molar-refractivity contribution is 0.318. The first kappa shape index (κ1) is 13.6. The maximum atomic E-state index is 6.01. The van der Waals surface area contributed by atoms with Crippen LogP contribution in [0.5, 0.6) is 5.75 Å². The van der Waals surface area contributed by atoms with E-state index in [0.29, 0.717) is 22.9 Å². The van der Waals surface area contributed by atoms with E-state index >= 15 is 0 Å². The molecule has 0 atom stereocenters. The first-order chi connectivity index (χ1) is 7.66. The molecule has 0 heterocycles. The lowest BCUT2D eigenvalue weighted by Crippen LogP contribution is -2.13. The summed E-state index contributed by atoms with van der Waals surface area (Å²) in [5.74, 6) is 1.74. The molecular formula is C11H14ClNOS2. The zero-order chi connectivity index (χ0) is 12.0. The third-order valence-corrected chi connectivity index (χ3v) is 3.19. The lowest BCUT2D eigenvalue weighted by atomic mass is 10.2. The van der Waals surface area contributed by atoms with Crippen LogP contribution in [0.2, 0.25) is 5.02 Å². The molecule has 0 aromatic heterocycles. The average molecular weight is 276 g/mol. The monoisotopic (exact) mass is 275 g/mol. The van der Waals surface area contributed by atoms with Crippen molar-refractivity contribution in [2.75, 3.05) is 18.6 Å². The molecule has 0 fully saturated rings. The highest BCUT2D eigenvalue weighted by Crippen LogP contribution is 2.26. The molecule has 0 radical (unpaired) electrons. The molecule has 0 saturated carbocycles. The van der Waals surface area contributed by atoms with Crippen molar-refractivity contribution in [1.82, 2.24) is 0 Å². The van der Waals surface area contributed by atoms with Gasteiger partial charge in [-0.05, 0) is 30.6 Å². The number of hydrogen-bond acceptors (Lipinski definition) is 3. The molecule has 0 aliphatic rings. The van der Waals surface area contributed by atoms with Gasteiger partial charge in [0.25, 0.3) is 0 Å². The molecule has 0 aliphatic carbocycles. The predicted octanol–water partition coefficient (Wildman–Crippen LogP) is 3.11. The summed E-state index contributed by atoms with van der Waals surface area (Å²) in [6.07, 6.45) is 3.06. The Bertz CT molecular complexity index is 371. The van der Waals surface area contributed by atoms with Gasteiger partial charge in [-0.3, -0.25) is 0 Å². The first-order valence-corrected chi connectivity index (χ1v) is 7.05. The molecule has 2 nitrogen and oxygen atoms in total. The van der Waals surface area contributed by atoms with Crippen molar-refractivity contribution in [3.63, 3.8) is 0 Å². The smallest absolute Gasteiger partial charge is 0.130 e. The van der Waals surface area contributed by atoms with E-state index in [1.54, 1.807) is 17.8 Å². The van der Waals surface area contributed by atoms with Crippen LogP contribution < -0.4 is 10.5 Å². The normalized spacial score (nSPS) is 10.1. The summed E-state index contributed by atoms with van der Waals surface area (Å²) in [5, 5.41) is 0.537. The van der Waals surface area contributed by atoms with E-state index in [1.807, 2.05) is 12.1 Å². The van der Waals surface area contributed by atoms with Crippen LogP contribution in [0.25, 0.3) is 0 Å². The summed E-state index contributed by atoms with van der Waals surface area (Å²) in [6.45, 7) is 0.650. The topological polar surface area (TPSA) is 35.2 Å². The van der Waals surface area contributed by atoms with Crippen molar-refractivity contribution in [3.05, 3.63) is 28.8 Å². The van der Waals surface area contributed by atoms with Crippen molar-refractivity contribution >= 4 is 40.6 Å². The number of ether oxygens (including phenoxy) is 1. The van der Waals surface area contributed by atoms with E-state index in [-0.39, 0.29) is 4.99 Å². The lowest BCUT2D eigenvalue weighted by Gasteiger charge is -2.11. The van der Waals surface area contributed by atoms with Gasteiger partial charge < -0.3 is 10.5 Å². The molecule has 16 heavy (non-hydrogen) atoms. The van der Waals surface area contributed by atoms with Gasteiger partial charge in [0, 0.05) is 0 Å². The fourth-order valence-corrected chi connectivity index (χ4v) is 2.19. The zero-order valence-electron chi connectivity index (χ0n) is 9.03. The summed E-state index contributed by atoms with van der Waals surface area (Å²) < 4.78 is 5.62. The first-order valence-electron chi connectivity index (χ1n) is 4.87. The van der Waals surface area contributed by atoms with Gasteiger partial charge in [-0.1, -0.05) is 29.9 Å². The number of benzene rings is 1. The Kier molecular flexibility index (Phi) is 5.95. The van der Waals surface area contributed by atoms with Crippen LogP contribution in [0.1, 0.15) is 12.0 Å². The van der Waals surface area contributed by atoms with Crippen LogP contribution in [0.3, 0.4) is 0 Å². The van der Waals surface area contributed by atoms with Crippen LogP contribution in [-0.4, -0.2) is 23.6 Å². The third kappa shape index (κ3) is 3.85. The van der Waals surface area contributed by atoms with E-state index in [1.165, 1.54) is 0 Å². The van der Waals surface area contributed by atoms with Crippen molar-refractivity contribution in [1.29, 1.82) is 0 Å². The minimum atomic E-state index is 0.269. The van der Waals surface area contributed by atoms with Crippen molar-refractivity contribution in [3.8, 4) is 5.75 Å². The van der Waals surface area contributed by atoms with E-state index in [4.69, 9.17) is 34.3 Å². The van der Waals surface area contributed by atoms with E-state index in [9.17, 15) is 0 Å². The number of halogens is 1. The third-order valence-electron chi connectivity index (χ3n) is 1.97. The van der Waals surface area contributed by atoms with Crippen LogP contribution in [0.4, 0.5) is 0 Å². The molecule has 5 heteroatoms. The summed E-state index contributed by atoms with van der Waals surface area (Å²) in [4.78, 5) is 0.269. The van der Waals surface area contributed by atoms with E-state index in [2.05, 4.69) is 6.26 Å². The largest absolute Gasteiger partial charge is 0.493 e. The van der Waals surface area contributed by atoms with Gasteiger partial charge in [0.2, 0.25) is 0 Å². The molecule has 1 aromatic carbocycles. The molecule has 0 unspecified atom stereocenters. The highest BCUT2D eigenvalue weighted by molar-refractivity contribution is 7.98. The second-order valence-electron chi connectivity index (χ2n) is 3.17. The maximum Gasteiger partial charge on any atom is 0.130 e. The maximum absolute atomic E-state index is 6.01. The average Bonchev–Trinajstić information content (AvgIpc) is 2.24. The number of hydrogen-bond donors (Lipinski definition) is 1. The quantitative estimate of drug-likeness (QED) is 0.639. The second-order valence-corrected chi connectivity index (χ2v) is 5.00. The summed E-state index contributed by atoms with van der Waals surface area (Å²) in [7, 11) is 0. The van der Waals surface area contributed by atoms with Crippen molar-refractivity contribution in [2.45, 2.75) is 6.42 Å². The predicted molar refractivity (Wildman–Crippen MR) is 75.8 cm³/mol. The number of thiocarbonyl (C=S) groups is 1. The molecule has 0 bridgehead atoms. The van der Waals surface area contributed by atoms with Gasteiger partial charge in [0.15, 0.2) is 0 Å². The summed E-state index contributed by atoms with van der Waals surface area (Å²) in [5.41, 5.74) is 6.24. The van der Waals surface area contributed by atoms with Gasteiger partial charge >= 0.3 is 0 Å². The Morgan fingerprint density at radius 3 is 2.94 bits per heavy atom. The SMILES string of the molecule is CSCCCOc1cccc(Cl)c1C(N)=S. The Morgan fingerprint density at radius 1 is 1.56 bits per heavy atom. The van der Waals surface area contributed by atoms with Crippen LogP contribution in [0.15, 0.2) is 18.2 Å². The number of thioether (sulfide) groups is 1. The van der Waals surface area contributed by atoms with E-state index in [0.717, 1.165) is 12.2 Å². The number of rotatable bonds is 6. The van der Waals surface area contributed by atoms with Gasteiger partial charge in [-0.15, -0.1) is 0 Å². The van der Waals surface area contributed by atoms with E-state index < -0.39 is 0 Å².